The molecule has 10 heavy (non-hydrogen) atoms. The molecule has 0 aromatic carbocycles. The van der Waals surface area contributed by atoms with E-state index >= 15 is 0 Å². The molecule has 0 saturated carbocycles. The fourth-order valence-electron chi connectivity index (χ4n) is 1.45. The topological polar surface area (TPSA) is 37.3 Å². The highest BCUT2D eigenvalue weighted by atomic mass is 16.3. The smallest absolute Gasteiger partial charge is 0.190 e. The summed E-state index contributed by atoms with van der Waals surface area (Å²) >= 11 is 0. The van der Waals surface area contributed by atoms with Crippen LogP contribution in [-0.2, 0) is 4.79 Å². The Labute approximate surface area is 58.9 Å². The van der Waals surface area contributed by atoms with Crippen molar-refractivity contribution in [2.24, 2.45) is 5.92 Å². The molecule has 2 aliphatic carbocycles. The molecule has 52 valence electrons. The van der Waals surface area contributed by atoms with Gasteiger partial charge in [0.25, 0.3) is 0 Å². The second kappa shape index (κ2) is 1.58. The Kier molecular flexibility index (Phi) is 0.926. The molecule has 2 nitrogen and oxygen atoms in total. The monoisotopic (exact) mass is 136 g/mol. The van der Waals surface area contributed by atoms with Crippen LogP contribution in [0.15, 0.2) is 24.3 Å². The summed E-state index contributed by atoms with van der Waals surface area (Å²) in [5.74, 6) is 0.0974. The molecule has 0 fully saturated rings. The van der Waals surface area contributed by atoms with Gasteiger partial charge in [0.1, 0.15) is 5.60 Å². The maximum absolute atomic E-state index is 11.0. The Morgan fingerprint density at radius 1 is 1.60 bits per heavy atom. The zero-order valence-corrected chi connectivity index (χ0v) is 5.45. The van der Waals surface area contributed by atoms with Gasteiger partial charge in [0.15, 0.2) is 5.78 Å². The Morgan fingerprint density at radius 3 is 3.10 bits per heavy atom. The largest absolute Gasteiger partial charge is 0.378 e. The molecule has 0 spiro atoms. The van der Waals surface area contributed by atoms with Crippen molar-refractivity contribution < 1.29 is 9.90 Å². The van der Waals surface area contributed by atoms with Gasteiger partial charge in [-0.1, -0.05) is 12.2 Å². The van der Waals surface area contributed by atoms with Crippen LogP contribution in [-0.4, -0.2) is 16.5 Å². The number of hydrogen-bond acceptors (Lipinski definition) is 2. The summed E-state index contributed by atoms with van der Waals surface area (Å²) in [7, 11) is 0. The Hall–Kier alpha value is -0.890. The summed E-state index contributed by atoms with van der Waals surface area (Å²) in [5.41, 5.74) is -1.15. The first-order valence-corrected chi connectivity index (χ1v) is 3.35. The zero-order valence-electron chi connectivity index (χ0n) is 5.45. The highest BCUT2D eigenvalue weighted by Crippen LogP contribution is 2.33. The molecule has 1 N–H and O–H groups in total. The fourth-order valence-corrected chi connectivity index (χ4v) is 1.45. The van der Waals surface area contributed by atoms with Crippen LogP contribution in [0.3, 0.4) is 0 Å². The van der Waals surface area contributed by atoms with E-state index < -0.39 is 5.60 Å². The first-order valence-electron chi connectivity index (χ1n) is 3.35. The van der Waals surface area contributed by atoms with Crippen molar-refractivity contribution in [2.75, 3.05) is 0 Å². The van der Waals surface area contributed by atoms with E-state index in [9.17, 15) is 9.90 Å². The van der Waals surface area contributed by atoms with Crippen molar-refractivity contribution >= 4 is 5.78 Å². The average molecular weight is 136 g/mol. The molecule has 0 heterocycles. The van der Waals surface area contributed by atoms with Gasteiger partial charge >= 0.3 is 0 Å². The van der Waals surface area contributed by atoms with Crippen molar-refractivity contribution in [3.8, 4) is 0 Å². The minimum absolute atomic E-state index is 0.183. The molecule has 2 atom stereocenters. The highest BCUT2D eigenvalue weighted by Gasteiger charge is 2.39. The molecule has 0 amide bonds. The van der Waals surface area contributed by atoms with Gasteiger partial charge in [0.2, 0.25) is 0 Å². The Bertz CT molecular complexity index is 240. The predicted octanol–water partition coefficient (Wildman–Crippen LogP) is 0.432. The molecule has 0 aliphatic heterocycles. The molecule has 2 rings (SSSR count). The predicted molar refractivity (Wildman–Crippen MR) is 36.3 cm³/mol. The number of allylic oxidation sites excluding steroid dienone is 2. The summed E-state index contributed by atoms with van der Waals surface area (Å²) in [6.45, 7) is 0. The lowest BCUT2D eigenvalue weighted by molar-refractivity contribution is -0.128. The lowest BCUT2D eigenvalue weighted by Gasteiger charge is -2.21. The van der Waals surface area contributed by atoms with Gasteiger partial charge in [0.05, 0.1) is 0 Å². The van der Waals surface area contributed by atoms with E-state index in [1.807, 2.05) is 12.2 Å². The Morgan fingerprint density at radius 2 is 2.40 bits per heavy atom. The third kappa shape index (κ3) is 0.596. The average Bonchev–Trinajstić information content (AvgIpc) is 2.22. The molecular weight excluding hydrogens is 128 g/mol. The maximum atomic E-state index is 11.0. The van der Waals surface area contributed by atoms with Crippen LogP contribution in [0.2, 0.25) is 0 Å². The molecule has 0 saturated heterocycles. The molecule has 2 aliphatic rings. The van der Waals surface area contributed by atoms with Crippen LogP contribution in [0, 0.1) is 5.92 Å². The first kappa shape index (κ1) is 5.86. The van der Waals surface area contributed by atoms with Crippen molar-refractivity contribution in [3.63, 3.8) is 0 Å². The van der Waals surface area contributed by atoms with Gasteiger partial charge in [-0.05, 0) is 24.5 Å². The molecule has 2 bridgehead atoms. The van der Waals surface area contributed by atoms with Crippen LogP contribution in [0.25, 0.3) is 0 Å². The quantitative estimate of drug-likeness (QED) is 0.490. The highest BCUT2D eigenvalue weighted by molar-refractivity contribution is 6.00. The normalized spacial score (nSPS) is 42.9. The lowest BCUT2D eigenvalue weighted by atomic mass is 9.89. The van der Waals surface area contributed by atoms with Gasteiger partial charge in [-0.25, -0.2) is 0 Å². The summed E-state index contributed by atoms with van der Waals surface area (Å²) in [6.07, 6.45) is 7.32. The van der Waals surface area contributed by atoms with Crippen LogP contribution < -0.4 is 0 Å². The number of carbonyl (C=O) groups excluding carboxylic acids is 1. The van der Waals surface area contributed by atoms with E-state index in [0.29, 0.717) is 6.42 Å². The molecular formula is C8H8O2. The Balaban J connectivity index is 2.47. The number of ketones is 1. The number of fused-ring (bicyclic) bond motifs is 2. The van der Waals surface area contributed by atoms with Crippen molar-refractivity contribution in [3.05, 3.63) is 24.3 Å². The summed E-state index contributed by atoms with van der Waals surface area (Å²) in [4.78, 5) is 11.0. The van der Waals surface area contributed by atoms with Crippen LogP contribution in [0.4, 0.5) is 0 Å². The van der Waals surface area contributed by atoms with Crippen LogP contribution in [0.1, 0.15) is 6.42 Å². The van der Waals surface area contributed by atoms with E-state index in [-0.39, 0.29) is 11.7 Å². The van der Waals surface area contributed by atoms with E-state index in [2.05, 4.69) is 0 Å². The van der Waals surface area contributed by atoms with E-state index in [0.717, 1.165) is 0 Å². The molecule has 0 radical (unpaired) electrons. The number of rotatable bonds is 0. The molecule has 0 aromatic heterocycles. The SMILES string of the molecule is O=C1C=CC2C=CC1(O)C2. The zero-order chi connectivity index (χ0) is 7.19. The van der Waals surface area contributed by atoms with Gasteiger partial charge in [-0.3, -0.25) is 4.79 Å². The second-order valence-electron chi connectivity index (χ2n) is 2.87. The summed E-state index contributed by atoms with van der Waals surface area (Å²) in [5, 5.41) is 9.50. The van der Waals surface area contributed by atoms with Crippen LogP contribution >= 0.6 is 0 Å². The number of carbonyl (C=O) groups is 1. The van der Waals surface area contributed by atoms with Gasteiger partial charge in [-0.15, -0.1) is 0 Å². The third-order valence-corrected chi connectivity index (χ3v) is 2.09. The van der Waals surface area contributed by atoms with Crippen LogP contribution in [0.5, 0.6) is 0 Å². The van der Waals surface area contributed by atoms with E-state index in [4.69, 9.17) is 0 Å². The van der Waals surface area contributed by atoms with Crippen molar-refractivity contribution in [1.29, 1.82) is 0 Å². The minimum atomic E-state index is -1.15. The van der Waals surface area contributed by atoms with Crippen molar-refractivity contribution in [1.82, 2.24) is 0 Å². The standard InChI is InChI=1S/C8H8O2/c9-7-2-1-6-3-4-8(7,10)5-6/h1-4,6,10H,5H2. The minimum Gasteiger partial charge on any atom is -0.378 e. The van der Waals surface area contributed by atoms with Gasteiger partial charge in [0, 0.05) is 0 Å². The van der Waals surface area contributed by atoms with Gasteiger partial charge < -0.3 is 5.11 Å². The lowest BCUT2D eigenvalue weighted by Crippen LogP contribution is -2.35. The fraction of sp³-hybridized carbons (Fsp3) is 0.375. The van der Waals surface area contributed by atoms with E-state index in [1.165, 1.54) is 6.08 Å². The number of hydrogen-bond donors (Lipinski definition) is 1. The molecule has 2 unspecified atom stereocenters. The maximum Gasteiger partial charge on any atom is 0.190 e. The van der Waals surface area contributed by atoms with Gasteiger partial charge in [-0.2, -0.15) is 0 Å². The summed E-state index contributed by atoms with van der Waals surface area (Å²) in [6, 6.07) is 0. The second-order valence-corrected chi connectivity index (χ2v) is 2.87. The number of aliphatic hydroxyl groups is 1. The van der Waals surface area contributed by atoms with Crippen molar-refractivity contribution in [2.45, 2.75) is 12.0 Å². The molecule has 2 heteroatoms. The molecule has 0 aromatic rings. The first-order chi connectivity index (χ1) is 4.71. The summed E-state index contributed by atoms with van der Waals surface area (Å²) < 4.78 is 0. The third-order valence-electron chi connectivity index (χ3n) is 2.09. The van der Waals surface area contributed by atoms with E-state index in [1.54, 1.807) is 6.08 Å².